The Hall–Kier alpha value is -4.26. The average Bonchev–Trinajstić information content (AvgIpc) is 3.54. The van der Waals surface area contributed by atoms with E-state index in [2.05, 4.69) is 17.1 Å². The second-order valence-corrected chi connectivity index (χ2v) is 9.93. The molecule has 4 aromatic rings. The van der Waals surface area contributed by atoms with E-state index in [1.54, 1.807) is 14.4 Å². The van der Waals surface area contributed by atoms with E-state index in [9.17, 15) is 9.59 Å². The molecule has 0 bridgehead atoms. The molecule has 13 nitrogen and oxygen atoms in total. The molecule has 5 heterocycles. The van der Waals surface area contributed by atoms with Crippen LogP contribution in [0.2, 0.25) is 0 Å². The minimum Gasteiger partial charge on any atom is -0.378 e. The van der Waals surface area contributed by atoms with Crippen LogP contribution in [0.25, 0.3) is 28.1 Å². The molecular weight excluding hydrogens is 512 g/mol. The average molecular weight is 547 g/mol. The van der Waals surface area contributed by atoms with Crippen LogP contribution < -0.4 is 10.2 Å². The van der Waals surface area contributed by atoms with Gasteiger partial charge in [-0.3, -0.25) is 9.36 Å². The van der Waals surface area contributed by atoms with Crippen LogP contribution in [-0.2, 0) is 18.2 Å². The molecule has 40 heavy (non-hydrogen) atoms. The van der Waals surface area contributed by atoms with Gasteiger partial charge in [0.2, 0.25) is 11.8 Å². The third-order valence-electron chi connectivity index (χ3n) is 7.52. The first kappa shape index (κ1) is 26.0. The normalized spacial score (nSPS) is 16.2. The van der Waals surface area contributed by atoms with E-state index < -0.39 is 0 Å². The van der Waals surface area contributed by atoms with Crippen LogP contribution in [0.3, 0.4) is 0 Å². The van der Waals surface area contributed by atoms with Crippen molar-refractivity contribution in [2.45, 2.75) is 20.3 Å². The van der Waals surface area contributed by atoms with Crippen LogP contribution >= 0.6 is 0 Å². The molecule has 1 N–H and O–H groups in total. The number of rotatable bonds is 5. The zero-order chi connectivity index (χ0) is 27.8. The summed E-state index contributed by atoms with van der Waals surface area (Å²) in [5, 5.41) is 2.82. The minimum absolute atomic E-state index is 0.103. The number of carbonyl (C=O) groups is 2. The van der Waals surface area contributed by atoms with Crippen LogP contribution in [0.5, 0.6) is 0 Å². The van der Waals surface area contributed by atoms with Gasteiger partial charge in [0, 0.05) is 59.3 Å². The molecule has 210 valence electrons. The van der Waals surface area contributed by atoms with Gasteiger partial charge < -0.3 is 29.3 Å². The Kier molecular flexibility index (Phi) is 6.96. The van der Waals surface area contributed by atoms with Gasteiger partial charge in [0.25, 0.3) is 5.91 Å². The number of aryl methyl sites for hydroxylation is 2. The van der Waals surface area contributed by atoms with Gasteiger partial charge in [-0.25, -0.2) is 14.8 Å². The van der Waals surface area contributed by atoms with Crippen LogP contribution in [0, 0.1) is 0 Å². The maximum Gasteiger partial charge on any atom is 0.317 e. The predicted molar refractivity (Wildman–Crippen MR) is 150 cm³/mol. The number of hydrogen-bond acceptors (Lipinski definition) is 8. The highest BCUT2D eigenvalue weighted by molar-refractivity contribution is 5.97. The van der Waals surface area contributed by atoms with Crippen molar-refractivity contribution >= 4 is 40.0 Å². The van der Waals surface area contributed by atoms with E-state index in [-0.39, 0.29) is 11.9 Å². The smallest absolute Gasteiger partial charge is 0.317 e. The number of benzene rings is 1. The molecular formula is C27H34N10O3. The number of ether oxygens (including phenoxy) is 1. The van der Waals surface area contributed by atoms with E-state index >= 15 is 0 Å². The Morgan fingerprint density at radius 2 is 1.65 bits per heavy atom. The number of morpholine rings is 1. The predicted octanol–water partition coefficient (Wildman–Crippen LogP) is 1.59. The number of amides is 3. The molecule has 3 aromatic heterocycles. The zero-order valence-corrected chi connectivity index (χ0v) is 23.1. The Morgan fingerprint density at radius 1 is 0.925 bits per heavy atom. The van der Waals surface area contributed by atoms with Crippen molar-refractivity contribution in [1.29, 1.82) is 0 Å². The van der Waals surface area contributed by atoms with Gasteiger partial charge in [0.05, 0.1) is 24.2 Å². The van der Waals surface area contributed by atoms with Gasteiger partial charge in [-0.05, 0) is 19.1 Å². The lowest BCUT2D eigenvalue weighted by atomic mass is 10.3. The lowest BCUT2D eigenvalue weighted by molar-refractivity contribution is 0.0650. The maximum atomic E-state index is 13.7. The molecule has 2 fully saturated rings. The quantitative estimate of drug-likeness (QED) is 0.400. The molecule has 0 radical (unpaired) electrons. The standard InChI is InChI=1S/C27H34N10O3/c1-4-20-29-18-8-6-7-9-19(18)37(20)26-31-22-21(23(32-26)34-14-16-40-17-15-34)30-24(33(22)3)25(38)35-10-12-36(13-11-35)27(39)28-5-2/h6-9H,4-5,10-17H2,1-3H3,(H,28,39). The van der Waals surface area contributed by atoms with Gasteiger partial charge in [0.1, 0.15) is 5.82 Å². The largest absolute Gasteiger partial charge is 0.378 e. The summed E-state index contributed by atoms with van der Waals surface area (Å²) >= 11 is 0. The Balaban J connectivity index is 1.42. The zero-order valence-electron chi connectivity index (χ0n) is 23.1. The number of urea groups is 1. The Morgan fingerprint density at radius 3 is 2.38 bits per heavy atom. The van der Waals surface area contributed by atoms with Gasteiger partial charge in [-0.2, -0.15) is 9.97 Å². The van der Waals surface area contributed by atoms with Crippen molar-refractivity contribution in [3.63, 3.8) is 0 Å². The summed E-state index contributed by atoms with van der Waals surface area (Å²) in [7, 11) is 1.82. The number of carbonyl (C=O) groups excluding carboxylic acids is 2. The summed E-state index contributed by atoms with van der Waals surface area (Å²) < 4.78 is 9.35. The molecule has 0 spiro atoms. The van der Waals surface area contributed by atoms with E-state index in [0.717, 1.165) is 16.9 Å². The number of nitrogens with one attached hydrogen (secondary N) is 1. The van der Waals surface area contributed by atoms with Crippen LogP contribution in [0.15, 0.2) is 24.3 Å². The number of hydrogen-bond donors (Lipinski definition) is 1. The molecule has 2 saturated heterocycles. The number of aromatic nitrogens is 6. The van der Waals surface area contributed by atoms with Gasteiger partial charge in [0.15, 0.2) is 17.0 Å². The molecule has 2 aliphatic rings. The van der Waals surface area contributed by atoms with Crippen molar-refractivity contribution in [2.75, 3.05) is 63.9 Å². The van der Waals surface area contributed by atoms with Crippen LogP contribution in [0.4, 0.5) is 10.6 Å². The van der Waals surface area contributed by atoms with Crippen molar-refractivity contribution in [2.24, 2.45) is 7.05 Å². The minimum atomic E-state index is -0.187. The second kappa shape index (κ2) is 10.7. The number of para-hydroxylation sites is 2. The summed E-state index contributed by atoms with van der Waals surface area (Å²) in [6, 6.07) is 7.85. The molecule has 2 aliphatic heterocycles. The molecule has 0 atom stereocenters. The fourth-order valence-electron chi connectivity index (χ4n) is 5.38. The Labute approximate surface area is 231 Å². The Bertz CT molecular complexity index is 1560. The molecule has 0 saturated carbocycles. The lowest BCUT2D eigenvalue weighted by Crippen LogP contribution is -2.53. The van der Waals surface area contributed by atoms with Gasteiger partial charge in [-0.1, -0.05) is 19.1 Å². The van der Waals surface area contributed by atoms with Gasteiger partial charge in [-0.15, -0.1) is 0 Å². The topological polar surface area (TPSA) is 127 Å². The first-order valence-corrected chi connectivity index (χ1v) is 13.9. The van der Waals surface area contributed by atoms with E-state index in [1.165, 1.54) is 0 Å². The monoisotopic (exact) mass is 546 g/mol. The highest BCUT2D eigenvalue weighted by Gasteiger charge is 2.30. The maximum absolute atomic E-state index is 13.7. The first-order valence-electron chi connectivity index (χ1n) is 13.9. The molecule has 0 aliphatic carbocycles. The third kappa shape index (κ3) is 4.49. The molecule has 1 aromatic carbocycles. The van der Waals surface area contributed by atoms with Gasteiger partial charge >= 0.3 is 6.03 Å². The van der Waals surface area contributed by atoms with E-state index in [4.69, 9.17) is 24.7 Å². The number of imidazole rings is 2. The molecule has 13 heteroatoms. The fourth-order valence-corrected chi connectivity index (χ4v) is 5.38. The number of nitrogens with zero attached hydrogens (tertiary/aromatic N) is 9. The lowest BCUT2D eigenvalue weighted by Gasteiger charge is -2.34. The summed E-state index contributed by atoms with van der Waals surface area (Å²) in [5.41, 5.74) is 2.97. The third-order valence-corrected chi connectivity index (χ3v) is 7.52. The number of piperazine rings is 1. The highest BCUT2D eigenvalue weighted by Crippen LogP contribution is 2.29. The number of anilines is 1. The van der Waals surface area contributed by atoms with E-state index in [0.29, 0.717) is 94.2 Å². The van der Waals surface area contributed by atoms with Crippen LogP contribution in [0.1, 0.15) is 30.3 Å². The molecule has 6 rings (SSSR count). The fraction of sp³-hybridized carbons (Fsp3) is 0.481. The van der Waals surface area contributed by atoms with Crippen molar-refractivity contribution in [3.8, 4) is 5.95 Å². The number of fused-ring (bicyclic) bond motifs is 2. The summed E-state index contributed by atoms with van der Waals surface area (Å²) in [4.78, 5) is 51.2. The summed E-state index contributed by atoms with van der Waals surface area (Å²) in [5.74, 6) is 2.15. The highest BCUT2D eigenvalue weighted by atomic mass is 16.5. The molecule has 3 amide bonds. The van der Waals surface area contributed by atoms with Crippen molar-refractivity contribution < 1.29 is 14.3 Å². The van der Waals surface area contributed by atoms with Crippen LogP contribution in [-0.4, -0.2) is 110 Å². The molecule has 0 unspecified atom stereocenters. The second-order valence-electron chi connectivity index (χ2n) is 9.93. The summed E-state index contributed by atoms with van der Waals surface area (Å²) in [6.07, 6.45) is 0.709. The van der Waals surface area contributed by atoms with E-state index in [1.807, 2.05) is 42.8 Å². The van der Waals surface area contributed by atoms with Crippen molar-refractivity contribution in [3.05, 3.63) is 35.9 Å². The SMILES string of the molecule is CCNC(=O)N1CCN(C(=O)c2nc3c(N4CCOCC4)nc(-n4c(CC)nc5ccccc54)nc3n2C)CC1. The van der Waals surface area contributed by atoms with Crippen molar-refractivity contribution in [1.82, 2.24) is 44.2 Å². The first-order chi connectivity index (χ1) is 19.5. The summed E-state index contributed by atoms with van der Waals surface area (Å²) in [6.45, 7) is 8.84.